The van der Waals surface area contributed by atoms with E-state index in [0.717, 1.165) is 48.9 Å². The smallest absolute Gasteiger partial charge is 0.232 e. The summed E-state index contributed by atoms with van der Waals surface area (Å²) in [6.45, 7) is 8.58. The number of hydrogen-bond acceptors (Lipinski definition) is 4. The largest absolute Gasteiger partial charge is 0.457 e. The quantitative estimate of drug-likeness (QED) is 0.864. The van der Waals surface area contributed by atoms with Crippen molar-refractivity contribution in [2.45, 2.75) is 25.9 Å². The van der Waals surface area contributed by atoms with E-state index in [1.54, 1.807) is 0 Å². The molecule has 2 aromatic carbocycles. The third-order valence-electron chi connectivity index (χ3n) is 5.29. The second kappa shape index (κ2) is 8.33. The zero-order valence-electron chi connectivity index (χ0n) is 16.6. The van der Waals surface area contributed by atoms with Gasteiger partial charge in [-0.05, 0) is 18.1 Å². The van der Waals surface area contributed by atoms with E-state index in [1.165, 1.54) is 0 Å². The minimum absolute atomic E-state index is 0.00668. The Labute approximate surface area is 166 Å². The first-order chi connectivity index (χ1) is 13.6. The SMILES string of the molecule is CC(C)CN1CCO[C@@H](CNC(=O)C2c3ccccc3Oc3ccccc32)C1. The zero-order valence-corrected chi connectivity index (χ0v) is 16.6. The van der Waals surface area contributed by atoms with Gasteiger partial charge in [-0.2, -0.15) is 0 Å². The normalized spacial score (nSPS) is 19.6. The zero-order chi connectivity index (χ0) is 19.5. The molecule has 4 rings (SSSR count). The third kappa shape index (κ3) is 4.05. The number of carbonyl (C=O) groups excluding carboxylic acids is 1. The molecule has 2 aromatic rings. The van der Waals surface area contributed by atoms with Crippen LogP contribution in [0.2, 0.25) is 0 Å². The minimum Gasteiger partial charge on any atom is -0.457 e. The van der Waals surface area contributed by atoms with Gasteiger partial charge in [-0.25, -0.2) is 0 Å². The Morgan fingerprint density at radius 3 is 2.39 bits per heavy atom. The Morgan fingerprint density at radius 2 is 1.75 bits per heavy atom. The predicted molar refractivity (Wildman–Crippen MR) is 109 cm³/mol. The first-order valence-corrected chi connectivity index (χ1v) is 10.1. The van der Waals surface area contributed by atoms with Crippen molar-refractivity contribution in [3.8, 4) is 11.5 Å². The Kier molecular flexibility index (Phi) is 5.64. The van der Waals surface area contributed by atoms with Crippen molar-refractivity contribution in [1.82, 2.24) is 10.2 Å². The lowest BCUT2D eigenvalue weighted by molar-refractivity contribution is -0.123. The number of rotatable bonds is 5. The highest BCUT2D eigenvalue weighted by molar-refractivity contribution is 5.89. The van der Waals surface area contributed by atoms with Crippen molar-refractivity contribution in [1.29, 1.82) is 0 Å². The van der Waals surface area contributed by atoms with Gasteiger partial charge in [0.05, 0.1) is 18.6 Å². The number of hydrogen-bond donors (Lipinski definition) is 1. The van der Waals surface area contributed by atoms with E-state index < -0.39 is 0 Å². The Bertz CT molecular complexity index is 791. The van der Waals surface area contributed by atoms with E-state index in [2.05, 4.69) is 24.1 Å². The number of nitrogens with zero attached hydrogens (tertiary/aromatic N) is 1. The van der Waals surface area contributed by atoms with Crippen LogP contribution in [0.15, 0.2) is 48.5 Å². The van der Waals surface area contributed by atoms with Crippen LogP contribution in [0, 0.1) is 5.92 Å². The van der Waals surface area contributed by atoms with Crippen molar-refractivity contribution < 1.29 is 14.3 Å². The van der Waals surface area contributed by atoms with Crippen molar-refractivity contribution >= 4 is 5.91 Å². The van der Waals surface area contributed by atoms with Gasteiger partial charge in [-0.3, -0.25) is 9.69 Å². The molecule has 1 N–H and O–H groups in total. The second-order valence-electron chi connectivity index (χ2n) is 8.00. The molecule has 148 valence electrons. The van der Waals surface area contributed by atoms with Crippen LogP contribution in [-0.4, -0.2) is 49.7 Å². The highest BCUT2D eigenvalue weighted by atomic mass is 16.5. The molecule has 0 radical (unpaired) electrons. The molecule has 2 heterocycles. The van der Waals surface area contributed by atoms with Gasteiger partial charge in [-0.1, -0.05) is 50.2 Å². The first-order valence-electron chi connectivity index (χ1n) is 10.1. The molecule has 5 nitrogen and oxygen atoms in total. The summed E-state index contributed by atoms with van der Waals surface area (Å²) in [6.07, 6.45) is 0.0294. The summed E-state index contributed by atoms with van der Waals surface area (Å²) in [5.74, 6) is 1.75. The molecular weight excluding hydrogens is 352 g/mol. The Balaban J connectivity index is 1.47. The third-order valence-corrected chi connectivity index (χ3v) is 5.29. The number of morpholine rings is 1. The molecule has 0 bridgehead atoms. The molecule has 2 aliphatic heterocycles. The van der Waals surface area contributed by atoms with Crippen LogP contribution in [0.25, 0.3) is 0 Å². The van der Waals surface area contributed by atoms with Gasteiger partial charge >= 0.3 is 0 Å². The molecule has 1 atom stereocenters. The average molecular weight is 380 g/mol. The van der Waals surface area contributed by atoms with Crippen molar-refractivity contribution in [2.75, 3.05) is 32.8 Å². The molecule has 1 saturated heterocycles. The average Bonchev–Trinajstić information content (AvgIpc) is 2.70. The van der Waals surface area contributed by atoms with Gasteiger partial charge in [-0.15, -0.1) is 0 Å². The molecule has 0 unspecified atom stereocenters. The fourth-order valence-electron chi connectivity index (χ4n) is 4.10. The van der Waals surface area contributed by atoms with E-state index in [9.17, 15) is 4.79 Å². The standard InChI is InChI=1S/C23H28N2O3/c1-16(2)14-25-11-12-27-17(15-25)13-24-23(26)22-18-7-3-5-9-20(18)28-21-10-6-4-8-19(21)22/h3-10,16-17,22H,11-15H2,1-2H3,(H,24,26)/t17-/m0/s1. The summed E-state index contributed by atoms with van der Waals surface area (Å²) in [5.41, 5.74) is 1.81. The molecule has 0 spiro atoms. The van der Waals surface area contributed by atoms with Crippen LogP contribution in [0.5, 0.6) is 11.5 Å². The molecule has 2 aliphatic rings. The van der Waals surface area contributed by atoms with Gasteiger partial charge in [0.1, 0.15) is 11.5 Å². The topological polar surface area (TPSA) is 50.8 Å². The van der Waals surface area contributed by atoms with Gasteiger partial charge < -0.3 is 14.8 Å². The summed E-state index contributed by atoms with van der Waals surface area (Å²) in [5, 5.41) is 3.13. The van der Waals surface area contributed by atoms with Crippen molar-refractivity contribution in [3.05, 3.63) is 59.7 Å². The fourth-order valence-corrected chi connectivity index (χ4v) is 4.10. The van der Waals surface area contributed by atoms with Crippen LogP contribution in [0.3, 0.4) is 0 Å². The van der Waals surface area contributed by atoms with Gasteiger partial charge in [0.25, 0.3) is 0 Å². The monoisotopic (exact) mass is 380 g/mol. The number of fused-ring (bicyclic) bond motifs is 2. The summed E-state index contributed by atoms with van der Waals surface area (Å²) < 4.78 is 11.9. The minimum atomic E-state index is -0.364. The van der Waals surface area contributed by atoms with E-state index >= 15 is 0 Å². The summed E-state index contributed by atoms with van der Waals surface area (Å²) in [6, 6.07) is 15.5. The summed E-state index contributed by atoms with van der Waals surface area (Å²) in [7, 11) is 0. The molecule has 0 aliphatic carbocycles. The maximum Gasteiger partial charge on any atom is 0.232 e. The number of para-hydroxylation sites is 2. The van der Waals surface area contributed by atoms with Crippen LogP contribution in [0.1, 0.15) is 30.9 Å². The highest BCUT2D eigenvalue weighted by Gasteiger charge is 2.33. The lowest BCUT2D eigenvalue weighted by Crippen LogP contribution is -2.49. The number of nitrogens with one attached hydrogen (secondary N) is 1. The Hall–Kier alpha value is -2.37. The number of benzene rings is 2. The molecule has 28 heavy (non-hydrogen) atoms. The fraction of sp³-hybridized carbons (Fsp3) is 0.435. The van der Waals surface area contributed by atoms with E-state index in [0.29, 0.717) is 12.5 Å². The van der Waals surface area contributed by atoms with Crippen LogP contribution in [0.4, 0.5) is 0 Å². The van der Waals surface area contributed by atoms with Crippen LogP contribution < -0.4 is 10.1 Å². The Morgan fingerprint density at radius 1 is 1.11 bits per heavy atom. The number of ether oxygens (including phenoxy) is 2. The predicted octanol–water partition coefficient (Wildman–Crippen LogP) is 3.40. The van der Waals surface area contributed by atoms with Crippen molar-refractivity contribution in [3.63, 3.8) is 0 Å². The molecule has 5 heteroatoms. The van der Waals surface area contributed by atoms with E-state index in [1.807, 2.05) is 48.5 Å². The lowest BCUT2D eigenvalue weighted by atomic mass is 9.87. The lowest BCUT2D eigenvalue weighted by Gasteiger charge is -2.34. The van der Waals surface area contributed by atoms with Crippen LogP contribution in [-0.2, 0) is 9.53 Å². The van der Waals surface area contributed by atoms with Crippen LogP contribution >= 0.6 is 0 Å². The highest BCUT2D eigenvalue weighted by Crippen LogP contribution is 2.43. The van der Waals surface area contributed by atoms with Gasteiger partial charge in [0, 0.05) is 37.3 Å². The van der Waals surface area contributed by atoms with Gasteiger partial charge in [0.15, 0.2) is 0 Å². The molecule has 0 aromatic heterocycles. The van der Waals surface area contributed by atoms with E-state index in [-0.39, 0.29) is 17.9 Å². The van der Waals surface area contributed by atoms with Gasteiger partial charge in [0.2, 0.25) is 5.91 Å². The number of carbonyl (C=O) groups is 1. The van der Waals surface area contributed by atoms with E-state index in [4.69, 9.17) is 9.47 Å². The molecule has 1 amide bonds. The molecular formula is C23H28N2O3. The summed E-state index contributed by atoms with van der Waals surface area (Å²) >= 11 is 0. The maximum absolute atomic E-state index is 13.2. The summed E-state index contributed by atoms with van der Waals surface area (Å²) in [4.78, 5) is 15.6. The number of amides is 1. The second-order valence-corrected chi connectivity index (χ2v) is 8.00. The maximum atomic E-state index is 13.2. The molecule has 1 fully saturated rings. The first kappa shape index (κ1) is 19.0. The van der Waals surface area contributed by atoms with Crippen molar-refractivity contribution in [2.24, 2.45) is 5.92 Å². The molecule has 0 saturated carbocycles.